The molecule has 2 aromatic rings. The number of nitrogens with zero attached hydrogens (tertiary/aromatic N) is 1. The summed E-state index contributed by atoms with van der Waals surface area (Å²) in [6.07, 6.45) is 4.67. The second kappa shape index (κ2) is 9.50. The molecule has 0 amide bonds. The van der Waals surface area contributed by atoms with Crippen LogP contribution in [0.25, 0.3) is 12.2 Å². The van der Waals surface area contributed by atoms with Gasteiger partial charge in [0.1, 0.15) is 0 Å². The van der Waals surface area contributed by atoms with Crippen LogP contribution >= 0.6 is 0 Å². The van der Waals surface area contributed by atoms with Gasteiger partial charge in [0.2, 0.25) is 0 Å². The minimum atomic E-state index is -0.0126. The van der Waals surface area contributed by atoms with E-state index in [1.807, 2.05) is 12.2 Å². The average Bonchev–Trinajstić information content (AvgIpc) is 2.74. The van der Waals surface area contributed by atoms with Gasteiger partial charge in [-0.1, -0.05) is 19.1 Å². The highest BCUT2D eigenvalue weighted by molar-refractivity contribution is 6.14. The predicted octanol–water partition coefficient (Wildman–Crippen LogP) is 3.88. The molecule has 1 aliphatic heterocycles. The molecule has 6 nitrogen and oxygen atoms in total. The van der Waals surface area contributed by atoms with Gasteiger partial charge in [-0.2, -0.15) is 0 Å². The van der Waals surface area contributed by atoms with Crippen LogP contribution in [0.4, 0.5) is 0 Å². The van der Waals surface area contributed by atoms with Gasteiger partial charge in [-0.25, -0.2) is 0 Å². The number of phenols is 2. The molecule has 3 rings (SSSR count). The second-order valence-electron chi connectivity index (χ2n) is 7.24. The number of ether oxygens (including phenoxy) is 2. The standard InChI is InChI=1S/C24H27NO5/c1-4-9-25-14-18(10-16-5-7-20(26)22(12-16)29-2)24(28)19(15-25)11-17-6-8-21(27)23(13-17)30-3/h5-8,10-13,26-27H,4,9,14-15H2,1-3H3/b18-10-,19-11+. The Morgan fingerprint density at radius 3 is 1.77 bits per heavy atom. The first-order valence-corrected chi connectivity index (χ1v) is 9.87. The van der Waals surface area contributed by atoms with Crippen LogP contribution in [0.15, 0.2) is 47.5 Å². The van der Waals surface area contributed by atoms with Gasteiger partial charge < -0.3 is 19.7 Å². The number of phenolic OH excluding ortho intramolecular Hbond substituents is 2. The summed E-state index contributed by atoms with van der Waals surface area (Å²) in [6.45, 7) is 4.11. The molecule has 2 aromatic carbocycles. The summed E-state index contributed by atoms with van der Waals surface area (Å²) < 4.78 is 10.3. The largest absolute Gasteiger partial charge is 0.504 e. The van der Waals surface area contributed by atoms with Gasteiger partial charge in [0.25, 0.3) is 0 Å². The highest BCUT2D eigenvalue weighted by atomic mass is 16.5. The van der Waals surface area contributed by atoms with E-state index in [4.69, 9.17) is 9.47 Å². The summed E-state index contributed by atoms with van der Waals surface area (Å²) in [5.74, 6) is 0.838. The molecule has 0 spiro atoms. The SMILES string of the molecule is CCCN1C/C(=C/c2ccc(O)c(OC)c2)C(=O)/C(=C/c2ccc(O)c(OC)c2)C1. The van der Waals surface area contributed by atoms with Gasteiger partial charge in [-0.15, -0.1) is 0 Å². The first kappa shape index (κ1) is 21.5. The number of hydrogen-bond donors (Lipinski definition) is 2. The van der Waals surface area contributed by atoms with E-state index in [1.165, 1.54) is 14.2 Å². The zero-order valence-electron chi connectivity index (χ0n) is 17.5. The third kappa shape index (κ3) is 4.83. The highest BCUT2D eigenvalue weighted by Crippen LogP contribution is 2.30. The summed E-state index contributed by atoms with van der Waals surface area (Å²) >= 11 is 0. The number of piperidine rings is 1. The number of carbonyl (C=O) groups is 1. The lowest BCUT2D eigenvalue weighted by Crippen LogP contribution is -2.38. The van der Waals surface area contributed by atoms with Crippen LogP contribution in [0.2, 0.25) is 0 Å². The molecule has 6 heteroatoms. The lowest BCUT2D eigenvalue weighted by molar-refractivity contribution is -0.113. The maximum absolute atomic E-state index is 13.2. The number of rotatable bonds is 6. The van der Waals surface area contributed by atoms with Crippen molar-refractivity contribution in [3.63, 3.8) is 0 Å². The smallest absolute Gasteiger partial charge is 0.187 e. The minimum Gasteiger partial charge on any atom is -0.504 e. The van der Waals surface area contributed by atoms with Crippen molar-refractivity contribution >= 4 is 17.9 Å². The number of likely N-dealkylation sites (tertiary alicyclic amines) is 1. The third-order valence-electron chi connectivity index (χ3n) is 5.00. The van der Waals surface area contributed by atoms with E-state index in [-0.39, 0.29) is 17.3 Å². The number of carbonyl (C=O) groups excluding carboxylic acids is 1. The van der Waals surface area contributed by atoms with Crippen molar-refractivity contribution in [2.24, 2.45) is 0 Å². The average molecular weight is 409 g/mol. The summed E-state index contributed by atoms with van der Waals surface area (Å²) in [5.41, 5.74) is 2.94. The zero-order chi connectivity index (χ0) is 21.7. The molecule has 0 bridgehead atoms. The van der Waals surface area contributed by atoms with Crippen molar-refractivity contribution in [3.8, 4) is 23.0 Å². The van der Waals surface area contributed by atoms with E-state index in [2.05, 4.69) is 11.8 Å². The summed E-state index contributed by atoms with van der Waals surface area (Å²) in [7, 11) is 2.99. The van der Waals surface area contributed by atoms with Crippen molar-refractivity contribution in [1.29, 1.82) is 0 Å². The van der Waals surface area contributed by atoms with E-state index in [1.54, 1.807) is 36.4 Å². The molecule has 0 aromatic heterocycles. The van der Waals surface area contributed by atoms with Gasteiger partial charge >= 0.3 is 0 Å². The van der Waals surface area contributed by atoms with Crippen LogP contribution in [-0.2, 0) is 4.79 Å². The quantitative estimate of drug-likeness (QED) is 0.705. The number of ketones is 1. The van der Waals surface area contributed by atoms with Crippen LogP contribution in [0.3, 0.4) is 0 Å². The first-order valence-electron chi connectivity index (χ1n) is 9.87. The van der Waals surface area contributed by atoms with E-state index in [9.17, 15) is 15.0 Å². The lowest BCUT2D eigenvalue weighted by Gasteiger charge is -2.29. The molecule has 0 atom stereocenters. The molecule has 1 saturated heterocycles. The molecular weight excluding hydrogens is 382 g/mol. The Hall–Kier alpha value is -3.25. The van der Waals surface area contributed by atoms with Crippen molar-refractivity contribution in [2.45, 2.75) is 13.3 Å². The van der Waals surface area contributed by atoms with E-state index in [0.29, 0.717) is 35.7 Å². The van der Waals surface area contributed by atoms with Gasteiger partial charge in [-0.05, 0) is 60.5 Å². The highest BCUT2D eigenvalue weighted by Gasteiger charge is 2.25. The number of Topliss-reactive ketones (excluding diaryl/α,β-unsaturated/α-hetero) is 1. The van der Waals surface area contributed by atoms with Crippen LogP contribution in [-0.4, -0.2) is 54.8 Å². The third-order valence-corrected chi connectivity index (χ3v) is 5.00. The molecule has 1 heterocycles. The Morgan fingerprint density at radius 2 is 1.37 bits per heavy atom. The van der Waals surface area contributed by atoms with Crippen molar-refractivity contribution in [2.75, 3.05) is 33.9 Å². The lowest BCUT2D eigenvalue weighted by atomic mass is 9.94. The first-order chi connectivity index (χ1) is 14.4. The van der Waals surface area contributed by atoms with E-state index >= 15 is 0 Å². The number of methoxy groups -OCH3 is 2. The fourth-order valence-corrected chi connectivity index (χ4v) is 3.55. The van der Waals surface area contributed by atoms with Crippen LogP contribution in [0.1, 0.15) is 24.5 Å². The fourth-order valence-electron chi connectivity index (χ4n) is 3.55. The maximum atomic E-state index is 13.2. The predicted molar refractivity (Wildman–Crippen MR) is 117 cm³/mol. The molecule has 0 saturated carbocycles. The second-order valence-corrected chi connectivity index (χ2v) is 7.24. The number of hydrogen-bond acceptors (Lipinski definition) is 6. The van der Waals surface area contributed by atoms with E-state index in [0.717, 1.165) is 24.1 Å². The molecule has 0 radical (unpaired) electrons. The Labute approximate surface area is 176 Å². The minimum absolute atomic E-state index is 0.0126. The van der Waals surface area contributed by atoms with Crippen molar-refractivity contribution in [1.82, 2.24) is 4.90 Å². The van der Waals surface area contributed by atoms with Gasteiger partial charge in [-0.3, -0.25) is 9.69 Å². The van der Waals surface area contributed by atoms with Crippen molar-refractivity contribution in [3.05, 3.63) is 58.7 Å². The summed E-state index contributed by atoms with van der Waals surface area (Å²) in [5, 5.41) is 19.6. The molecule has 0 unspecified atom stereocenters. The molecule has 2 N–H and O–H groups in total. The van der Waals surface area contributed by atoms with Gasteiger partial charge in [0.15, 0.2) is 28.8 Å². The summed E-state index contributed by atoms with van der Waals surface area (Å²) in [4.78, 5) is 15.4. The maximum Gasteiger partial charge on any atom is 0.187 e. The fraction of sp³-hybridized carbons (Fsp3) is 0.292. The molecule has 30 heavy (non-hydrogen) atoms. The Bertz CT molecular complexity index is 918. The zero-order valence-corrected chi connectivity index (χ0v) is 17.5. The van der Waals surface area contributed by atoms with E-state index < -0.39 is 0 Å². The molecule has 0 aliphatic carbocycles. The van der Waals surface area contributed by atoms with Crippen LogP contribution < -0.4 is 9.47 Å². The van der Waals surface area contributed by atoms with Crippen molar-refractivity contribution < 1.29 is 24.5 Å². The van der Waals surface area contributed by atoms with Gasteiger partial charge in [0.05, 0.1) is 14.2 Å². The summed E-state index contributed by atoms with van der Waals surface area (Å²) in [6, 6.07) is 10.0. The van der Waals surface area contributed by atoms with Crippen LogP contribution in [0.5, 0.6) is 23.0 Å². The molecule has 158 valence electrons. The molecule has 1 fully saturated rings. The topological polar surface area (TPSA) is 79.2 Å². The van der Waals surface area contributed by atoms with Crippen LogP contribution in [0, 0.1) is 0 Å². The number of aromatic hydroxyl groups is 2. The molecule has 1 aliphatic rings. The normalized spacial score (nSPS) is 17.5. The van der Waals surface area contributed by atoms with Gasteiger partial charge in [0, 0.05) is 24.2 Å². The Morgan fingerprint density at radius 1 is 0.900 bits per heavy atom. The Balaban J connectivity index is 1.98. The number of benzene rings is 2. The Kier molecular flexibility index (Phi) is 6.79. The molecular formula is C24H27NO5. The monoisotopic (exact) mass is 409 g/mol.